The monoisotopic (exact) mass is 280 g/mol. The Morgan fingerprint density at radius 3 is 2.95 bits per heavy atom. The SMILES string of the molecule is CC(O)C1CCN(C(=O)c2cc([N+](=O)[O-])cnc2N)C1. The molecule has 0 bridgehead atoms. The molecule has 2 atom stereocenters. The van der Waals surface area contributed by atoms with Crippen LogP contribution in [-0.4, -0.2) is 45.0 Å². The van der Waals surface area contributed by atoms with Gasteiger partial charge in [0.2, 0.25) is 0 Å². The van der Waals surface area contributed by atoms with Gasteiger partial charge in [-0.2, -0.15) is 0 Å². The average Bonchev–Trinajstić information content (AvgIpc) is 2.88. The Labute approximate surface area is 115 Å². The van der Waals surface area contributed by atoms with Gasteiger partial charge in [-0.1, -0.05) is 0 Å². The van der Waals surface area contributed by atoms with Crippen LogP contribution < -0.4 is 5.73 Å². The molecule has 1 aliphatic rings. The van der Waals surface area contributed by atoms with Crippen LogP contribution >= 0.6 is 0 Å². The molecule has 0 saturated carbocycles. The molecule has 20 heavy (non-hydrogen) atoms. The number of aliphatic hydroxyl groups is 1. The van der Waals surface area contributed by atoms with Gasteiger partial charge >= 0.3 is 0 Å². The lowest BCUT2D eigenvalue weighted by Crippen LogP contribution is -2.31. The van der Waals surface area contributed by atoms with Crippen LogP contribution in [0.3, 0.4) is 0 Å². The molecule has 8 nitrogen and oxygen atoms in total. The van der Waals surface area contributed by atoms with Gasteiger partial charge in [-0.05, 0) is 13.3 Å². The van der Waals surface area contributed by atoms with Gasteiger partial charge in [0.15, 0.2) is 0 Å². The number of carbonyl (C=O) groups excluding carboxylic acids is 1. The number of carbonyl (C=O) groups is 1. The molecular weight excluding hydrogens is 264 g/mol. The molecule has 2 heterocycles. The summed E-state index contributed by atoms with van der Waals surface area (Å²) in [5.74, 6) is -0.394. The normalized spacial score (nSPS) is 19.9. The van der Waals surface area contributed by atoms with Crippen molar-refractivity contribution in [2.75, 3.05) is 18.8 Å². The first-order chi connectivity index (χ1) is 9.40. The van der Waals surface area contributed by atoms with Crippen LogP contribution in [0, 0.1) is 16.0 Å². The van der Waals surface area contributed by atoms with Crippen molar-refractivity contribution in [3.63, 3.8) is 0 Å². The zero-order valence-corrected chi connectivity index (χ0v) is 11.0. The second kappa shape index (κ2) is 5.41. The Morgan fingerprint density at radius 1 is 1.70 bits per heavy atom. The molecule has 1 amide bonds. The van der Waals surface area contributed by atoms with Crippen LogP contribution in [0.15, 0.2) is 12.3 Å². The second-order valence-corrected chi connectivity index (χ2v) is 4.92. The molecule has 0 aliphatic carbocycles. The highest BCUT2D eigenvalue weighted by Crippen LogP contribution is 2.24. The van der Waals surface area contributed by atoms with E-state index in [2.05, 4.69) is 4.98 Å². The molecule has 3 N–H and O–H groups in total. The van der Waals surface area contributed by atoms with Crippen molar-refractivity contribution in [2.24, 2.45) is 5.92 Å². The van der Waals surface area contributed by atoms with E-state index in [1.54, 1.807) is 6.92 Å². The quantitative estimate of drug-likeness (QED) is 0.611. The highest BCUT2D eigenvalue weighted by atomic mass is 16.6. The molecule has 1 aromatic heterocycles. The zero-order chi connectivity index (χ0) is 14.9. The number of anilines is 1. The predicted molar refractivity (Wildman–Crippen MR) is 71.0 cm³/mol. The molecule has 108 valence electrons. The number of likely N-dealkylation sites (tertiary alicyclic amines) is 1. The molecule has 2 unspecified atom stereocenters. The van der Waals surface area contributed by atoms with E-state index in [0.29, 0.717) is 19.5 Å². The molecular formula is C12H16N4O4. The lowest BCUT2D eigenvalue weighted by molar-refractivity contribution is -0.385. The highest BCUT2D eigenvalue weighted by molar-refractivity contribution is 5.99. The number of amides is 1. The average molecular weight is 280 g/mol. The largest absolute Gasteiger partial charge is 0.393 e. The van der Waals surface area contributed by atoms with E-state index >= 15 is 0 Å². The van der Waals surface area contributed by atoms with Crippen LogP contribution in [0.5, 0.6) is 0 Å². The summed E-state index contributed by atoms with van der Waals surface area (Å²) in [5.41, 5.74) is 5.39. The standard InChI is InChI=1S/C12H16N4O4/c1-7(17)8-2-3-15(6-8)12(18)10-4-9(16(19)20)5-14-11(10)13/h4-5,7-8,17H,2-3,6H2,1H3,(H2,13,14). The number of hydrogen-bond acceptors (Lipinski definition) is 6. The van der Waals surface area contributed by atoms with Crippen molar-refractivity contribution < 1.29 is 14.8 Å². The minimum absolute atomic E-state index is 0.0202. The van der Waals surface area contributed by atoms with Crippen molar-refractivity contribution in [1.29, 1.82) is 0 Å². The molecule has 2 rings (SSSR count). The number of pyridine rings is 1. The third kappa shape index (κ3) is 2.69. The number of hydrogen-bond donors (Lipinski definition) is 2. The molecule has 1 aliphatic heterocycles. The number of nitrogen functional groups attached to an aromatic ring is 1. The molecule has 0 aromatic carbocycles. The summed E-state index contributed by atoms with van der Waals surface area (Å²) in [4.78, 5) is 27.6. The minimum atomic E-state index is -0.619. The number of nitro groups is 1. The van der Waals surface area contributed by atoms with Crippen molar-refractivity contribution in [3.8, 4) is 0 Å². The summed E-state index contributed by atoms with van der Waals surface area (Å²) in [7, 11) is 0. The minimum Gasteiger partial charge on any atom is -0.393 e. The molecule has 1 aromatic rings. The molecule has 8 heteroatoms. The Bertz CT molecular complexity index is 546. The van der Waals surface area contributed by atoms with Gasteiger partial charge < -0.3 is 15.7 Å². The Morgan fingerprint density at radius 2 is 2.40 bits per heavy atom. The van der Waals surface area contributed by atoms with Crippen LogP contribution in [-0.2, 0) is 0 Å². The number of aliphatic hydroxyl groups excluding tert-OH is 1. The first kappa shape index (κ1) is 14.2. The summed E-state index contributed by atoms with van der Waals surface area (Å²) in [6.07, 6.45) is 1.23. The fourth-order valence-electron chi connectivity index (χ4n) is 2.27. The Balaban J connectivity index is 2.21. The van der Waals surface area contributed by atoms with Gasteiger partial charge in [0.05, 0.1) is 16.6 Å². The van der Waals surface area contributed by atoms with E-state index in [1.807, 2.05) is 0 Å². The van der Waals surface area contributed by atoms with Crippen LogP contribution in [0.2, 0.25) is 0 Å². The molecule has 0 radical (unpaired) electrons. The summed E-state index contributed by atoms with van der Waals surface area (Å²) >= 11 is 0. The van der Waals surface area contributed by atoms with E-state index in [9.17, 15) is 20.0 Å². The van der Waals surface area contributed by atoms with Crippen LogP contribution in [0.1, 0.15) is 23.7 Å². The third-order valence-corrected chi connectivity index (χ3v) is 3.54. The van der Waals surface area contributed by atoms with Gasteiger partial charge in [0, 0.05) is 25.1 Å². The van der Waals surface area contributed by atoms with Gasteiger partial charge in [0.25, 0.3) is 11.6 Å². The second-order valence-electron chi connectivity index (χ2n) is 4.92. The highest BCUT2D eigenvalue weighted by Gasteiger charge is 2.31. The summed E-state index contributed by atoms with van der Waals surface area (Å²) in [6, 6.07) is 1.14. The first-order valence-corrected chi connectivity index (χ1v) is 6.27. The van der Waals surface area contributed by atoms with Crippen LogP contribution in [0.4, 0.5) is 11.5 Å². The fourth-order valence-corrected chi connectivity index (χ4v) is 2.27. The Hall–Kier alpha value is -2.22. The van der Waals surface area contributed by atoms with E-state index in [4.69, 9.17) is 5.73 Å². The van der Waals surface area contributed by atoms with Crippen molar-refractivity contribution in [2.45, 2.75) is 19.4 Å². The lowest BCUT2D eigenvalue weighted by Gasteiger charge is -2.18. The van der Waals surface area contributed by atoms with E-state index in [1.165, 1.54) is 4.90 Å². The van der Waals surface area contributed by atoms with Gasteiger partial charge in [0.1, 0.15) is 12.0 Å². The van der Waals surface area contributed by atoms with E-state index < -0.39 is 11.0 Å². The topological polar surface area (TPSA) is 123 Å². The molecule has 1 fully saturated rings. The summed E-state index contributed by atoms with van der Waals surface area (Å²) < 4.78 is 0. The summed E-state index contributed by atoms with van der Waals surface area (Å²) in [6.45, 7) is 2.59. The summed E-state index contributed by atoms with van der Waals surface area (Å²) in [5, 5.41) is 20.2. The number of nitrogens with two attached hydrogens (primary N) is 1. The van der Waals surface area contributed by atoms with Crippen molar-refractivity contribution in [3.05, 3.63) is 27.9 Å². The first-order valence-electron chi connectivity index (χ1n) is 6.27. The maximum absolute atomic E-state index is 12.3. The number of rotatable bonds is 3. The van der Waals surface area contributed by atoms with Crippen molar-refractivity contribution >= 4 is 17.4 Å². The van der Waals surface area contributed by atoms with Crippen molar-refractivity contribution in [1.82, 2.24) is 9.88 Å². The zero-order valence-electron chi connectivity index (χ0n) is 11.0. The maximum Gasteiger partial charge on any atom is 0.288 e. The van der Waals surface area contributed by atoms with E-state index in [0.717, 1.165) is 12.3 Å². The van der Waals surface area contributed by atoms with Gasteiger partial charge in [-0.25, -0.2) is 4.98 Å². The number of nitrogens with zero attached hydrogens (tertiary/aromatic N) is 3. The maximum atomic E-state index is 12.3. The molecule has 0 spiro atoms. The molecule has 1 saturated heterocycles. The predicted octanol–water partition coefficient (Wildman–Crippen LogP) is 0.415. The van der Waals surface area contributed by atoms with E-state index in [-0.39, 0.29) is 28.9 Å². The third-order valence-electron chi connectivity index (χ3n) is 3.54. The van der Waals surface area contributed by atoms with Gasteiger partial charge in [-0.3, -0.25) is 14.9 Å². The van der Waals surface area contributed by atoms with Crippen LogP contribution in [0.25, 0.3) is 0 Å². The fraction of sp³-hybridized carbons (Fsp3) is 0.500. The Kier molecular flexibility index (Phi) is 3.84. The van der Waals surface area contributed by atoms with Gasteiger partial charge in [-0.15, -0.1) is 0 Å². The lowest BCUT2D eigenvalue weighted by atomic mass is 10.0. The number of aromatic nitrogens is 1. The smallest absolute Gasteiger partial charge is 0.288 e.